The van der Waals surface area contributed by atoms with Gasteiger partial charge < -0.3 is 10.2 Å². The quantitative estimate of drug-likeness (QED) is 0.865. The summed E-state index contributed by atoms with van der Waals surface area (Å²) in [4.78, 5) is 37.1. The van der Waals surface area contributed by atoms with Crippen LogP contribution < -0.4 is 5.32 Å². The Balaban J connectivity index is 2.05. The lowest BCUT2D eigenvalue weighted by molar-refractivity contribution is -0.129. The highest BCUT2D eigenvalue weighted by molar-refractivity contribution is 6.44. The molecule has 20 heavy (non-hydrogen) atoms. The van der Waals surface area contributed by atoms with Gasteiger partial charge in [-0.05, 0) is 12.1 Å². The Hall–Kier alpha value is -1.79. The number of imide groups is 1. The fourth-order valence-corrected chi connectivity index (χ4v) is 2.11. The number of nitrogens with zero attached hydrogens (tertiary/aromatic N) is 2. The van der Waals surface area contributed by atoms with Crippen molar-refractivity contribution < 1.29 is 14.4 Å². The average Bonchev–Trinajstić information content (AvgIpc) is 2.62. The second-order valence-electron chi connectivity index (χ2n) is 4.27. The number of hydrogen-bond donors (Lipinski definition) is 1. The third kappa shape index (κ3) is 2.86. The number of halogens is 2. The zero-order valence-electron chi connectivity index (χ0n) is 10.5. The summed E-state index contributed by atoms with van der Waals surface area (Å²) in [6, 6.07) is 4.29. The van der Waals surface area contributed by atoms with Crippen molar-refractivity contribution in [1.29, 1.82) is 0 Å². The number of benzene rings is 1. The van der Waals surface area contributed by atoms with Crippen LogP contribution in [0, 0.1) is 0 Å². The second-order valence-corrected chi connectivity index (χ2v) is 5.05. The Kier molecular flexibility index (Phi) is 4.15. The third-order valence-corrected chi connectivity index (χ3v) is 3.58. The summed E-state index contributed by atoms with van der Waals surface area (Å²) in [5.41, 5.74) is 0.330. The van der Waals surface area contributed by atoms with Crippen molar-refractivity contribution in [3.05, 3.63) is 28.2 Å². The minimum atomic E-state index is -0.522. The molecule has 0 saturated carbocycles. The van der Waals surface area contributed by atoms with E-state index in [0.29, 0.717) is 10.7 Å². The largest absolute Gasteiger partial charge is 0.327 e. The highest BCUT2D eigenvalue weighted by atomic mass is 35.5. The van der Waals surface area contributed by atoms with Crippen molar-refractivity contribution in [2.75, 3.05) is 25.5 Å². The molecule has 8 heteroatoms. The minimum absolute atomic E-state index is 0.0238. The molecule has 1 aliphatic heterocycles. The van der Waals surface area contributed by atoms with Crippen LogP contribution >= 0.6 is 23.2 Å². The van der Waals surface area contributed by atoms with Crippen molar-refractivity contribution in [2.45, 2.75) is 0 Å². The number of rotatable bonds is 3. The number of anilines is 1. The fourth-order valence-electron chi connectivity index (χ4n) is 1.76. The first-order valence-corrected chi connectivity index (χ1v) is 6.45. The Bertz CT molecular complexity index is 591. The van der Waals surface area contributed by atoms with Gasteiger partial charge in [0.15, 0.2) is 0 Å². The molecular weight excluding hydrogens is 305 g/mol. The molecule has 0 spiro atoms. The number of urea groups is 1. The van der Waals surface area contributed by atoms with Crippen LogP contribution in [-0.2, 0) is 9.59 Å². The summed E-state index contributed by atoms with van der Waals surface area (Å²) >= 11 is 11.8. The molecule has 4 amide bonds. The maximum Gasteiger partial charge on any atom is 0.327 e. The van der Waals surface area contributed by atoms with E-state index < -0.39 is 17.8 Å². The predicted octanol–water partition coefficient (Wildman–Crippen LogP) is 1.83. The van der Waals surface area contributed by atoms with E-state index in [4.69, 9.17) is 23.2 Å². The number of nitrogens with one attached hydrogen (secondary N) is 1. The minimum Gasteiger partial charge on any atom is -0.323 e. The SMILES string of the molecule is CN1CC(=O)N(CC(=O)Nc2cccc(Cl)c2Cl)C1=O. The fraction of sp³-hybridized carbons (Fsp3) is 0.250. The molecule has 1 heterocycles. The molecule has 2 rings (SSSR count). The number of carbonyl (C=O) groups excluding carboxylic acids is 3. The van der Waals surface area contributed by atoms with Crippen LogP contribution in [0.25, 0.3) is 0 Å². The lowest BCUT2D eigenvalue weighted by atomic mass is 10.3. The monoisotopic (exact) mass is 315 g/mol. The Morgan fingerprint density at radius 2 is 2.05 bits per heavy atom. The molecular formula is C12H11Cl2N3O3. The molecule has 0 aromatic heterocycles. The first kappa shape index (κ1) is 14.6. The molecule has 1 aromatic rings. The number of amides is 4. The summed E-state index contributed by atoms with van der Waals surface area (Å²) in [5.74, 6) is -0.934. The van der Waals surface area contributed by atoms with Gasteiger partial charge >= 0.3 is 6.03 Å². The zero-order valence-corrected chi connectivity index (χ0v) is 12.0. The van der Waals surface area contributed by atoms with Gasteiger partial charge in [0.25, 0.3) is 5.91 Å². The van der Waals surface area contributed by atoms with E-state index in [0.717, 1.165) is 4.90 Å². The second kappa shape index (κ2) is 5.68. The molecule has 1 aliphatic rings. The van der Waals surface area contributed by atoms with Crippen LogP contribution in [0.5, 0.6) is 0 Å². The standard InChI is InChI=1S/C12H11Cl2N3O3/c1-16-6-10(19)17(12(16)20)5-9(18)15-8-4-2-3-7(13)11(8)14/h2-4H,5-6H2,1H3,(H,15,18). The molecule has 6 nitrogen and oxygen atoms in total. The topological polar surface area (TPSA) is 69.7 Å². The Labute approximate surface area is 125 Å². The van der Waals surface area contributed by atoms with Crippen LogP contribution in [-0.4, -0.2) is 47.8 Å². The van der Waals surface area contributed by atoms with Crippen LogP contribution in [0.1, 0.15) is 0 Å². The maximum absolute atomic E-state index is 11.9. The first-order valence-electron chi connectivity index (χ1n) is 5.69. The normalized spacial score (nSPS) is 14.9. The van der Waals surface area contributed by atoms with E-state index in [1.165, 1.54) is 11.9 Å². The molecule has 0 radical (unpaired) electrons. The molecule has 0 atom stereocenters. The van der Waals surface area contributed by atoms with Gasteiger partial charge in [-0.25, -0.2) is 4.79 Å². The molecule has 0 aliphatic carbocycles. The van der Waals surface area contributed by atoms with Crippen molar-refractivity contribution in [3.63, 3.8) is 0 Å². The summed E-state index contributed by atoms with van der Waals surface area (Å²) in [6.45, 7) is -0.380. The molecule has 106 valence electrons. The summed E-state index contributed by atoms with van der Waals surface area (Å²) in [7, 11) is 1.49. The highest BCUT2D eigenvalue weighted by Crippen LogP contribution is 2.29. The van der Waals surface area contributed by atoms with Gasteiger partial charge in [-0.2, -0.15) is 0 Å². The van der Waals surface area contributed by atoms with Gasteiger partial charge in [0.05, 0.1) is 15.7 Å². The van der Waals surface area contributed by atoms with Crippen LogP contribution in [0.15, 0.2) is 18.2 Å². The average molecular weight is 316 g/mol. The van der Waals surface area contributed by atoms with E-state index in [1.807, 2.05) is 0 Å². The summed E-state index contributed by atoms with van der Waals surface area (Å²) < 4.78 is 0. The summed E-state index contributed by atoms with van der Waals surface area (Å²) in [5, 5.41) is 3.02. The molecule has 1 saturated heterocycles. The third-order valence-electron chi connectivity index (χ3n) is 2.76. The molecule has 1 N–H and O–H groups in total. The van der Waals surface area contributed by atoms with Gasteiger partial charge in [0.1, 0.15) is 13.1 Å². The van der Waals surface area contributed by atoms with E-state index in [-0.39, 0.29) is 18.1 Å². The van der Waals surface area contributed by atoms with Gasteiger partial charge in [0, 0.05) is 7.05 Å². The number of carbonyl (C=O) groups is 3. The van der Waals surface area contributed by atoms with Gasteiger partial charge in [0.2, 0.25) is 5.91 Å². The number of hydrogen-bond acceptors (Lipinski definition) is 3. The first-order chi connectivity index (χ1) is 9.40. The number of likely N-dealkylation sites (N-methyl/N-ethyl adjacent to an activating group) is 1. The van der Waals surface area contributed by atoms with Gasteiger partial charge in [-0.15, -0.1) is 0 Å². The van der Waals surface area contributed by atoms with Gasteiger partial charge in [-0.1, -0.05) is 29.3 Å². The smallest absolute Gasteiger partial charge is 0.323 e. The molecule has 0 unspecified atom stereocenters. The van der Waals surface area contributed by atoms with Crippen molar-refractivity contribution >= 4 is 46.7 Å². The van der Waals surface area contributed by atoms with Crippen LogP contribution in [0.2, 0.25) is 10.0 Å². The highest BCUT2D eigenvalue weighted by Gasteiger charge is 2.34. The lowest BCUT2D eigenvalue weighted by Crippen LogP contribution is -2.38. The van der Waals surface area contributed by atoms with Gasteiger partial charge in [-0.3, -0.25) is 14.5 Å². The van der Waals surface area contributed by atoms with E-state index in [9.17, 15) is 14.4 Å². The van der Waals surface area contributed by atoms with Crippen molar-refractivity contribution in [1.82, 2.24) is 9.80 Å². The summed E-state index contributed by atoms with van der Waals surface area (Å²) in [6.07, 6.45) is 0. The van der Waals surface area contributed by atoms with Crippen molar-refractivity contribution in [3.8, 4) is 0 Å². The zero-order chi connectivity index (χ0) is 14.9. The van der Waals surface area contributed by atoms with E-state index >= 15 is 0 Å². The molecule has 1 aromatic carbocycles. The molecule has 1 fully saturated rings. The predicted molar refractivity (Wildman–Crippen MR) is 74.8 cm³/mol. The lowest BCUT2D eigenvalue weighted by Gasteiger charge is -2.14. The Morgan fingerprint density at radius 1 is 1.35 bits per heavy atom. The van der Waals surface area contributed by atoms with Crippen LogP contribution in [0.3, 0.4) is 0 Å². The van der Waals surface area contributed by atoms with Crippen LogP contribution in [0.4, 0.5) is 10.5 Å². The molecule has 0 bridgehead atoms. The Morgan fingerprint density at radius 3 is 2.65 bits per heavy atom. The van der Waals surface area contributed by atoms with Crippen molar-refractivity contribution in [2.24, 2.45) is 0 Å². The van der Waals surface area contributed by atoms with E-state index in [2.05, 4.69) is 5.32 Å². The maximum atomic E-state index is 11.9. The van der Waals surface area contributed by atoms with E-state index in [1.54, 1.807) is 18.2 Å².